The lowest BCUT2D eigenvalue weighted by atomic mass is 10.0. The first-order valence-electron chi connectivity index (χ1n) is 13.2. The molecule has 1 aliphatic rings. The molecule has 1 aliphatic heterocycles. The molecule has 220 valence electrons. The average molecular weight is 604 g/mol. The zero-order valence-electron chi connectivity index (χ0n) is 22.9. The van der Waals surface area contributed by atoms with Crippen LogP contribution in [0.1, 0.15) is 37.1 Å². The smallest absolute Gasteiger partial charge is 0.411 e. The number of aryl methyl sites for hydroxylation is 1. The Morgan fingerprint density at radius 3 is 2.74 bits per heavy atom. The Morgan fingerprint density at radius 2 is 1.95 bits per heavy atom. The largest absolute Gasteiger partial charge is 0.453 e. The lowest BCUT2D eigenvalue weighted by molar-refractivity contribution is -0.125. The number of fused-ring (bicyclic) bond motifs is 4. The number of benzene rings is 2. The Balaban J connectivity index is 1.54. The van der Waals surface area contributed by atoms with Gasteiger partial charge >= 0.3 is 6.09 Å². The lowest BCUT2D eigenvalue weighted by Crippen LogP contribution is -2.19. The van der Waals surface area contributed by atoms with Gasteiger partial charge in [0.25, 0.3) is 0 Å². The Bertz CT molecular complexity index is 1720. The number of carbonyl (C=O) groups is 4. The fourth-order valence-corrected chi connectivity index (χ4v) is 4.72. The maximum Gasteiger partial charge on any atom is 0.411 e. The van der Waals surface area contributed by atoms with Gasteiger partial charge < -0.3 is 20.4 Å². The molecule has 0 saturated heterocycles. The number of ketones is 1. The van der Waals surface area contributed by atoms with Crippen LogP contribution in [0.4, 0.5) is 21.9 Å². The molecule has 4 aromatic rings. The van der Waals surface area contributed by atoms with Crippen molar-refractivity contribution in [3.05, 3.63) is 65.3 Å². The van der Waals surface area contributed by atoms with Crippen LogP contribution in [0.5, 0.6) is 0 Å². The van der Waals surface area contributed by atoms with Crippen molar-refractivity contribution in [2.24, 2.45) is 0 Å². The molecule has 43 heavy (non-hydrogen) atoms. The molecule has 3 amide bonds. The Labute approximate surface area is 249 Å². The third kappa shape index (κ3) is 7.29. The van der Waals surface area contributed by atoms with E-state index in [2.05, 4.69) is 41.4 Å². The summed E-state index contributed by atoms with van der Waals surface area (Å²) in [4.78, 5) is 58.2. The van der Waals surface area contributed by atoms with E-state index in [4.69, 9.17) is 16.3 Å². The molecule has 0 radical (unpaired) electrons. The summed E-state index contributed by atoms with van der Waals surface area (Å²) < 4.78 is 6.15. The second-order valence-corrected chi connectivity index (χ2v) is 9.99. The van der Waals surface area contributed by atoms with Gasteiger partial charge in [-0.25, -0.2) is 9.78 Å². The van der Waals surface area contributed by atoms with Crippen molar-refractivity contribution >= 4 is 58.4 Å². The molecule has 4 N–H and O–H groups in total. The van der Waals surface area contributed by atoms with E-state index in [1.807, 2.05) is 0 Å². The van der Waals surface area contributed by atoms with Gasteiger partial charge in [0.05, 0.1) is 42.5 Å². The number of Topliss-reactive ketones (excluding diaryl/α,β-unsaturated/α-hetero) is 1. The summed E-state index contributed by atoms with van der Waals surface area (Å²) in [5.41, 5.74) is 2.75. The van der Waals surface area contributed by atoms with E-state index < -0.39 is 17.9 Å². The Kier molecular flexibility index (Phi) is 8.86. The number of methoxy groups -OCH3 is 1. The Morgan fingerprint density at radius 1 is 1.12 bits per heavy atom. The van der Waals surface area contributed by atoms with Gasteiger partial charge in [0, 0.05) is 40.8 Å². The number of nitrogens with zero attached hydrogens (tertiary/aromatic N) is 5. The monoisotopic (exact) mass is 603 g/mol. The van der Waals surface area contributed by atoms with Crippen LogP contribution in [0, 0.1) is 0 Å². The minimum absolute atomic E-state index is 0.192. The highest BCUT2D eigenvalue weighted by Crippen LogP contribution is 2.38. The molecule has 14 nitrogen and oxygen atoms in total. The molecular formula is C28H26ClN9O5. The average Bonchev–Trinajstić information content (AvgIpc) is 3.67. The van der Waals surface area contributed by atoms with Crippen LogP contribution in [0.15, 0.2) is 48.9 Å². The van der Waals surface area contributed by atoms with E-state index >= 15 is 0 Å². The quantitative estimate of drug-likeness (QED) is 0.192. The summed E-state index contributed by atoms with van der Waals surface area (Å²) in [6, 6.07) is 8.06. The molecule has 5 rings (SSSR count). The highest BCUT2D eigenvalue weighted by molar-refractivity contribution is 6.30. The fraction of sp³-hybridized carbons (Fsp3) is 0.214. The predicted molar refractivity (Wildman–Crippen MR) is 158 cm³/mol. The van der Waals surface area contributed by atoms with Crippen LogP contribution in [-0.4, -0.2) is 61.0 Å². The van der Waals surface area contributed by atoms with Crippen molar-refractivity contribution < 1.29 is 23.9 Å². The molecule has 0 aliphatic carbocycles. The number of hydrogen-bond acceptors (Lipinski definition) is 9. The van der Waals surface area contributed by atoms with E-state index in [1.54, 1.807) is 30.5 Å². The summed E-state index contributed by atoms with van der Waals surface area (Å²) in [7, 11) is 1.21. The molecule has 0 fully saturated rings. The van der Waals surface area contributed by atoms with Gasteiger partial charge in [0.1, 0.15) is 17.9 Å². The third-order valence-corrected chi connectivity index (χ3v) is 6.71. The topological polar surface area (TPSA) is 186 Å². The van der Waals surface area contributed by atoms with Gasteiger partial charge in [-0.15, -0.1) is 5.10 Å². The number of hydrogen-bond donors (Lipinski definition) is 4. The van der Waals surface area contributed by atoms with Gasteiger partial charge in [-0.05, 0) is 59.7 Å². The van der Waals surface area contributed by atoms with E-state index in [9.17, 15) is 19.2 Å². The van der Waals surface area contributed by atoms with Crippen LogP contribution in [0.2, 0.25) is 5.02 Å². The van der Waals surface area contributed by atoms with Crippen LogP contribution in [0.3, 0.4) is 0 Å². The van der Waals surface area contributed by atoms with Crippen molar-refractivity contribution in [3.8, 4) is 16.9 Å². The number of tetrazole rings is 1. The number of H-pyrrole nitrogens is 1. The minimum atomic E-state index is -0.761. The molecule has 0 unspecified atom stereocenters. The second-order valence-electron chi connectivity index (χ2n) is 9.56. The fourth-order valence-electron chi connectivity index (χ4n) is 4.54. The standard InChI is InChI=1S/C28H26ClN9O5/c1-43-28(42)32-18-11-20(34-25(40)9-6-16-10-17(29)7-8-23(16)38-15-31-36-37-38)27-21(12-18)35-26(41)13-19(39)4-2-3-5-24-30-14-22(27)33-24/h6-12,14-15H,2-5,13H2,1H3,(H,30,33)(H,32,42)(H,34,40)(H,35,41). The molecule has 3 heterocycles. The van der Waals surface area contributed by atoms with Crippen LogP contribution < -0.4 is 16.0 Å². The number of aromatic nitrogens is 6. The summed E-state index contributed by atoms with van der Waals surface area (Å²) in [5.74, 6) is -0.580. The van der Waals surface area contributed by atoms with Gasteiger partial charge in [0.2, 0.25) is 11.8 Å². The molecule has 0 saturated carbocycles. The number of amides is 3. The molecule has 2 bridgehead atoms. The number of rotatable bonds is 5. The maximum absolute atomic E-state index is 13.3. The number of nitrogens with one attached hydrogen (secondary N) is 4. The zero-order valence-corrected chi connectivity index (χ0v) is 23.6. The third-order valence-electron chi connectivity index (χ3n) is 6.48. The van der Waals surface area contributed by atoms with E-state index in [-0.39, 0.29) is 35.7 Å². The molecule has 0 atom stereocenters. The molecule has 0 spiro atoms. The van der Waals surface area contributed by atoms with Crippen molar-refractivity contribution in [1.29, 1.82) is 0 Å². The number of ether oxygens (including phenoxy) is 1. The second kappa shape index (κ2) is 13.1. The van der Waals surface area contributed by atoms with Crippen LogP contribution in [-0.2, 0) is 25.5 Å². The number of aromatic amines is 1. The number of anilines is 3. The summed E-state index contributed by atoms with van der Waals surface area (Å²) in [6.45, 7) is 0. The number of halogens is 1. The van der Waals surface area contributed by atoms with Crippen molar-refractivity contribution in [2.45, 2.75) is 32.1 Å². The van der Waals surface area contributed by atoms with Gasteiger partial charge in [-0.1, -0.05) is 11.6 Å². The van der Waals surface area contributed by atoms with Gasteiger partial charge in [0.15, 0.2) is 0 Å². The SMILES string of the molecule is COC(=O)Nc1cc(NC(=O)C=Cc2cc(Cl)ccc2-n2cnnn2)c2c(c1)NC(=O)CC(=O)CCCCc1ncc-2[nH]1. The number of imidazole rings is 1. The first-order valence-corrected chi connectivity index (χ1v) is 13.6. The summed E-state index contributed by atoms with van der Waals surface area (Å²) in [5, 5.41) is 19.8. The van der Waals surface area contributed by atoms with Gasteiger partial charge in [-0.3, -0.25) is 19.7 Å². The highest BCUT2D eigenvalue weighted by atomic mass is 35.5. The van der Waals surface area contributed by atoms with Crippen LogP contribution in [0.25, 0.3) is 23.0 Å². The highest BCUT2D eigenvalue weighted by Gasteiger charge is 2.21. The predicted octanol–water partition coefficient (Wildman–Crippen LogP) is 4.16. The summed E-state index contributed by atoms with van der Waals surface area (Å²) in [6.07, 6.45) is 6.98. The molecule has 2 aromatic heterocycles. The molecular weight excluding hydrogens is 578 g/mol. The maximum atomic E-state index is 13.3. The summed E-state index contributed by atoms with van der Waals surface area (Å²) >= 11 is 6.20. The molecule has 15 heteroatoms. The molecule has 2 aromatic carbocycles. The first-order chi connectivity index (χ1) is 20.8. The minimum Gasteiger partial charge on any atom is -0.453 e. The van der Waals surface area contributed by atoms with Gasteiger partial charge in [-0.2, -0.15) is 4.68 Å². The lowest BCUT2D eigenvalue weighted by Gasteiger charge is -2.18. The Hall–Kier alpha value is -5.37. The van der Waals surface area contributed by atoms with Crippen molar-refractivity contribution in [1.82, 2.24) is 30.2 Å². The number of carbonyl (C=O) groups excluding carboxylic acids is 4. The first kappa shape index (κ1) is 29.1. The zero-order chi connectivity index (χ0) is 30.3. The van der Waals surface area contributed by atoms with Crippen molar-refractivity contribution in [3.63, 3.8) is 0 Å². The normalized spacial score (nSPS) is 13.7. The van der Waals surface area contributed by atoms with E-state index in [0.717, 1.165) is 0 Å². The van der Waals surface area contributed by atoms with E-state index in [1.165, 1.54) is 36.3 Å². The van der Waals surface area contributed by atoms with E-state index in [0.29, 0.717) is 52.6 Å². The van der Waals surface area contributed by atoms with Crippen molar-refractivity contribution in [2.75, 3.05) is 23.1 Å². The van der Waals surface area contributed by atoms with Crippen LogP contribution >= 0.6 is 11.6 Å².